The maximum absolute atomic E-state index is 12.4. The van der Waals surface area contributed by atoms with E-state index < -0.39 is 10.0 Å². The Kier molecular flexibility index (Phi) is 5.72. The molecule has 20 heavy (non-hydrogen) atoms. The first kappa shape index (κ1) is 16.2. The summed E-state index contributed by atoms with van der Waals surface area (Å²) in [5, 5.41) is 8.66. The summed E-state index contributed by atoms with van der Waals surface area (Å²) in [6.07, 6.45) is 0.141. The second-order valence-corrected chi connectivity index (χ2v) is 6.26. The molecule has 1 aromatic rings. The lowest BCUT2D eigenvalue weighted by molar-refractivity contribution is 0.393. The number of hydrogen-bond donors (Lipinski definition) is 1. The molecule has 1 rings (SSSR count). The van der Waals surface area contributed by atoms with Crippen LogP contribution >= 0.6 is 0 Å². The fourth-order valence-corrected chi connectivity index (χ4v) is 2.96. The Bertz CT molecular complexity index is 666. The van der Waals surface area contributed by atoms with Gasteiger partial charge in [-0.25, -0.2) is 8.42 Å². The molecule has 0 heterocycles. The smallest absolute Gasteiger partial charge is 0.243 e. The van der Waals surface area contributed by atoms with E-state index in [4.69, 9.17) is 11.0 Å². The van der Waals surface area contributed by atoms with Gasteiger partial charge in [-0.2, -0.15) is 9.57 Å². The van der Waals surface area contributed by atoms with Gasteiger partial charge in [0.1, 0.15) is 0 Å². The van der Waals surface area contributed by atoms with Crippen LogP contribution in [0.4, 0.5) is 0 Å². The normalized spacial score (nSPS) is 12.3. The SMILES string of the molecule is CC(CC#N)N(C)S(=O)(=O)c1cccc(C#CCN)c1. The highest BCUT2D eigenvalue weighted by Crippen LogP contribution is 2.18. The molecule has 6 heteroatoms. The Hall–Kier alpha value is -1.86. The largest absolute Gasteiger partial charge is 0.320 e. The van der Waals surface area contributed by atoms with E-state index in [1.54, 1.807) is 19.1 Å². The van der Waals surface area contributed by atoms with Crippen molar-refractivity contribution < 1.29 is 8.42 Å². The van der Waals surface area contributed by atoms with Crippen LogP contribution in [0.5, 0.6) is 0 Å². The number of sulfonamides is 1. The second kappa shape index (κ2) is 7.06. The highest BCUT2D eigenvalue weighted by atomic mass is 32.2. The molecule has 0 saturated carbocycles. The predicted octanol–water partition coefficient (Wildman–Crippen LogP) is 0.919. The molecule has 106 valence electrons. The summed E-state index contributed by atoms with van der Waals surface area (Å²) in [5.41, 5.74) is 5.89. The van der Waals surface area contributed by atoms with Gasteiger partial charge in [-0.15, -0.1) is 0 Å². The summed E-state index contributed by atoms with van der Waals surface area (Å²) in [6, 6.07) is 7.96. The van der Waals surface area contributed by atoms with Crippen LogP contribution in [0.15, 0.2) is 29.2 Å². The summed E-state index contributed by atoms with van der Waals surface area (Å²) in [7, 11) is -2.16. The van der Waals surface area contributed by atoms with Crippen molar-refractivity contribution in [1.29, 1.82) is 5.26 Å². The molecule has 0 aliphatic rings. The van der Waals surface area contributed by atoms with Gasteiger partial charge in [0.2, 0.25) is 10.0 Å². The fraction of sp³-hybridized carbons (Fsp3) is 0.357. The minimum absolute atomic E-state index is 0.141. The monoisotopic (exact) mass is 291 g/mol. The van der Waals surface area contributed by atoms with Gasteiger partial charge in [-0.05, 0) is 25.1 Å². The van der Waals surface area contributed by atoms with E-state index in [1.807, 2.05) is 6.07 Å². The van der Waals surface area contributed by atoms with Crippen LogP contribution in [0.3, 0.4) is 0 Å². The summed E-state index contributed by atoms with van der Waals surface area (Å²) < 4.78 is 26.0. The van der Waals surface area contributed by atoms with Crippen molar-refractivity contribution in [3.8, 4) is 17.9 Å². The van der Waals surface area contributed by atoms with E-state index in [1.165, 1.54) is 23.5 Å². The Morgan fingerprint density at radius 3 is 2.75 bits per heavy atom. The first-order valence-electron chi connectivity index (χ1n) is 6.07. The van der Waals surface area contributed by atoms with Crippen molar-refractivity contribution in [3.05, 3.63) is 29.8 Å². The lowest BCUT2D eigenvalue weighted by Crippen LogP contribution is -2.34. The molecule has 1 unspecified atom stereocenters. The Morgan fingerprint density at radius 1 is 1.45 bits per heavy atom. The van der Waals surface area contributed by atoms with Crippen LogP contribution in [-0.2, 0) is 10.0 Å². The minimum atomic E-state index is -3.62. The average Bonchev–Trinajstić information content (AvgIpc) is 2.44. The fourth-order valence-electron chi connectivity index (χ4n) is 1.55. The van der Waals surface area contributed by atoms with Crippen molar-refractivity contribution in [1.82, 2.24) is 4.31 Å². The van der Waals surface area contributed by atoms with Crippen LogP contribution in [0.2, 0.25) is 0 Å². The quantitative estimate of drug-likeness (QED) is 0.836. The van der Waals surface area contributed by atoms with Crippen molar-refractivity contribution in [2.45, 2.75) is 24.3 Å². The first-order valence-corrected chi connectivity index (χ1v) is 7.51. The standard InChI is InChI=1S/C14H17N3O2S/c1-12(8-10-16)17(2)20(18,19)14-7-3-5-13(11-14)6-4-9-15/h3,5,7,11-12H,8-9,15H2,1-2H3. The number of nitrogens with zero attached hydrogens (tertiary/aromatic N) is 2. The highest BCUT2D eigenvalue weighted by Gasteiger charge is 2.25. The molecular weight excluding hydrogens is 274 g/mol. The molecule has 5 nitrogen and oxygen atoms in total. The molecule has 0 bridgehead atoms. The molecule has 0 aliphatic heterocycles. The van der Waals surface area contributed by atoms with Gasteiger partial charge in [-0.1, -0.05) is 17.9 Å². The molecule has 0 fully saturated rings. The van der Waals surface area contributed by atoms with Gasteiger partial charge in [0.25, 0.3) is 0 Å². The van der Waals surface area contributed by atoms with E-state index in [-0.39, 0.29) is 23.9 Å². The zero-order valence-electron chi connectivity index (χ0n) is 11.5. The third kappa shape index (κ3) is 3.82. The highest BCUT2D eigenvalue weighted by molar-refractivity contribution is 7.89. The van der Waals surface area contributed by atoms with E-state index in [0.29, 0.717) is 5.56 Å². The van der Waals surface area contributed by atoms with E-state index in [2.05, 4.69) is 11.8 Å². The van der Waals surface area contributed by atoms with Crippen molar-refractivity contribution in [2.75, 3.05) is 13.6 Å². The topological polar surface area (TPSA) is 87.2 Å². The molecule has 0 radical (unpaired) electrons. The predicted molar refractivity (Wildman–Crippen MR) is 77.0 cm³/mol. The van der Waals surface area contributed by atoms with Crippen LogP contribution < -0.4 is 5.73 Å². The van der Waals surface area contributed by atoms with E-state index in [0.717, 1.165) is 0 Å². The van der Waals surface area contributed by atoms with Crippen molar-refractivity contribution in [2.24, 2.45) is 5.73 Å². The Morgan fingerprint density at radius 2 is 2.15 bits per heavy atom. The van der Waals surface area contributed by atoms with Gasteiger partial charge >= 0.3 is 0 Å². The Labute approximate surface area is 120 Å². The van der Waals surface area contributed by atoms with Crippen molar-refractivity contribution in [3.63, 3.8) is 0 Å². The van der Waals surface area contributed by atoms with E-state index in [9.17, 15) is 8.42 Å². The molecule has 0 saturated heterocycles. The first-order chi connectivity index (χ1) is 9.43. The summed E-state index contributed by atoms with van der Waals surface area (Å²) in [5.74, 6) is 5.48. The van der Waals surface area contributed by atoms with E-state index >= 15 is 0 Å². The van der Waals surface area contributed by atoms with Crippen LogP contribution in [0, 0.1) is 23.2 Å². The molecular formula is C14H17N3O2S. The lowest BCUT2D eigenvalue weighted by Gasteiger charge is -2.22. The molecule has 0 aliphatic carbocycles. The van der Waals surface area contributed by atoms with Gasteiger partial charge in [0.05, 0.1) is 23.9 Å². The number of nitrogens with two attached hydrogens (primary N) is 1. The Balaban J connectivity index is 3.13. The number of nitriles is 1. The summed E-state index contributed by atoms with van der Waals surface area (Å²) >= 11 is 0. The number of rotatable bonds is 4. The maximum atomic E-state index is 12.4. The number of benzene rings is 1. The summed E-state index contributed by atoms with van der Waals surface area (Å²) in [4.78, 5) is 0.161. The van der Waals surface area contributed by atoms with Gasteiger partial charge < -0.3 is 5.73 Å². The molecule has 2 N–H and O–H groups in total. The molecule has 0 aromatic heterocycles. The van der Waals surface area contributed by atoms with Crippen molar-refractivity contribution >= 4 is 10.0 Å². The molecule has 1 atom stereocenters. The molecule has 0 amide bonds. The molecule has 0 spiro atoms. The zero-order chi connectivity index (χ0) is 15.2. The van der Waals surface area contributed by atoms with Gasteiger partial charge in [0, 0.05) is 18.7 Å². The maximum Gasteiger partial charge on any atom is 0.243 e. The summed E-state index contributed by atoms with van der Waals surface area (Å²) in [6.45, 7) is 1.91. The van der Waals surface area contributed by atoms with Gasteiger partial charge in [-0.3, -0.25) is 0 Å². The average molecular weight is 291 g/mol. The second-order valence-electron chi connectivity index (χ2n) is 4.27. The third-order valence-corrected chi connectivity index (χ3v) is 4.82. The zero-order valence-corrected chi connectivity index (χ0v) is 12.3. The van der Waals surface area contributed by atoms with Gasteiger partial charge in [0.15, 0.2) is 0 Å². The van der Waals surface area contributed by atoms with Crippen LogP contribution in [0.1, 0.15) is 18.9 Å². The third-order valence-electron chi connectivity index (χ3n) is 2.85. The number of hydrogen-bond acceptors (Lipinski definition) is 4. The molecule has 1 aromatic carbocycles. The van der Waals surface area contributed by atoms with Crippen LogP contribution in [0.25, 0.3) is 0 Å². The lowest BCUT2D eigenvalue weighted by atomic mass is 10.2. The minimum Gasteiger partial charge on any atom is -0.320 e. The van der Waals surface area contributed by atoms with Crippen LogP contribution in [-0.4, -0.2) is 32.4 Å².